The van der Waals surface area contributed by atoms with Gasteiger partial charge in [-0.25, -0.2) is 0 Å². The molecule has 0 heteroatoms. The zero-order valence-electron chi connectivity index (χ0n) is 19.5. The summed E-state index contributed by atoms with van der Waals surface area (Å²) in [5.74, 6) is 3.28. The molecule has 0 nitrogen and oxygen atoms in total. The molecule has 3 aliphatic carbocycles. The van der Waals surface area contributed by atoms with Crippen LogP contribution in [0.3, 0.4) is 0 Å². The van der Waals surface area contributed by atoms with Crippen molar-refractivity contribution in [3.05, 3.63) is 0 Å². The van der Waals surface area contributed by atoms with E-state index in [4.69, 9.17) is 0 Å². The molecule has 26 heavy (non-hydrogen) atoms. The van der Waals surface area contributed by atoms with Gasteiger partial charge in [-0.15, -0.1) is 0 Å². The molecule has 0 radical (unpaired) electrons. The van der Waals surface area contributed by atoms with E-state index in [1.807, 2.05) is 13.8 Å². The van der Waals surface area contributed by atoms with E-state index in [9.17, 15) is 0 Å². The monoisotopic (exact) mass is 366 g/mol. The van der Waals surface area contributed by atoms with E-state index in [1.165, 1.54) is 89.9 Å². The van der Waals surface area contributed by atoms with Crippen molar-refractivity contribution >= 4 is 0 Å². The molecule has 158 valence electrons. The first-order valence-corrected chi connectivity index (χ1v) is 12.8. The van der Waals surface area contributed by atoms with Gasteiger partial charge in [0.1, 0.15) is 0 Å². The predicted molar refractivity (Wildman–Crippen MR) is 122 cm³/mol. The summed E-state index contributed by atoms with van der Waals surface area (Å²) in [6.45, 7) is 10.9. The molecular formula is C26H54. The van der Waals surface area contributed by atoms with E-state index >= 15 is 0 Å². The first-order valence-electron chi connectivity index (χ1n) is 12.8. The molecule has 0 aromatic rings. The summed E-state index contributed by atoms with van der Waals surface area (Å²) < 4.78 is 0. The highest BCUT2D eigenvalue weighted by Crippen LogP contribution is 2.39. The second-order valence-corrected chi connectivity index (χ2v) is 8.89. The van der Waals surface area contributed by atoms with Crippen molar-refractivity contribution in [2.24, 2.45) is 17.8 Å². The maximum Gasteiger partial charge on any atom is -0.0386 e. The molecule has 0 atom stereocenters. The molecule has 0 bridgehead atoms. The Morgan fingerprint density at radius 1 is 0.500 bits per heavy atom. The fourth-order valence-electron chi connectivity index (χ4n) is 4.75. The van der Waals surface area contributed by atoms with Crippen molar-refractivity contribution in [3.63, 3.8) is 0 Å². The van der Waals surface area contributed by atoms with Crippen LogP contribution in [0.25, 0.3) is 0 Å². The van der Waals surface area contributed by atoms with Crippen LogP contribution in [0, 0.1) is 17.8 Å². The van der Waals surface area contributed by atoms with E-state index in [-0.39, 0.29) is 0 Å². The second-order valence-electron chi connectivity index (χ2n) is 8.89. The zero-order chi connectivity index (χ0) is 19.5. The summed E-state index contributed by atoms with van der Waals surface area (Å²) in [5, 5.41) is 0. The first-order chi connectivity index (χ1) is 12.8. The Bertz CT molecular complexity index is 227. The fourth-order valence-corrected chi connectivity index (χ4v) is 4.75. The molecular weight excluding hydrogens is 312 g/mol. The lowest BCUT2D eigenvalue weighted by Gasteiger charge is -2.34. The minimum Gasteiger partial charge on any atom is -0.0683 e. The van der Waals surface area contributed by atoms with Crippen LogP contribution in [0.2, 0.25) is 0 Å². The highest BCUT2D eigenvalue weighted by Gasteiger charge is 2.26. The van der Waals surface area contributed by atoms with Gasteiger partial charge in [0, 0.05) is 0 Å². The Balaban J connectivity index is 0.000000402. The average molecular weight is 367 g/mol. The molecule has 3 saturated carbocycles. The van der Waals surface area contributed by atoms with Gasteiger partial charge in [-0.05, 0) is 30.6 Å². The van der Waals surface area contributed by atoms with Crippen molar-refractivity contribution in [1.29, 1.82) is 0 Å². The summed E-state index contributed by atoms with van der Waals surface area (Å²) in [5.41, 5.74) is 0. The molecule has 0 aliphatic heterocycles. The quantitative estimate of drug-likeness (QED) is 0.434. The Kier molecular flexibility index (Phi) is 19.8. The van der Waals surface area contributed by atoms with Crippen LogP contribution in [0.15, 0.2) is 0 Å². The zero-order valence-corrected chi connectivity index (χ0v) is 19.5. The predicted octanol–water partition coefficient (Wildman–Crippen LogP) is 9.96. The summed E-state index contributed by atoms with van der Waals surface area (Å²) in [6.07, 6.45) is 26.8. The largest absolute Gasteiger partial charge is 0.0683 e. The smallest absolute Gasteiger partial charge is 0.0386 e. The van der Waals surface area contributed by atoms with Gasteiger partial charge < -0.3 is 0 Å². The molecule has 0 saturated heterocycles. The highest BCUT2D eigenvalue weighted by atomic mass is 14.3. The van der Waals surface area contributed by atoms with Gasteiger partial charge in [0.25, 0.3) is 0 Å². The molecule has 3 fully saturated rings. The van der Waals surface area contributed by atoms with E-state index in [0.29, 0.717) is 0 Å². The molecule has 0 aromatic carbocycles. The average Bonchev–Trinajstić information content (AvgIpc) is 3.30. The molecule has 0 amide bonds. The van der Waals surface area contributed by atoms with Crippen molar-refractivity contribution < 1.29 is 0 Å². The molecule has 0 spiro atoms. The third-order valence-electron chi connectivity index (χ3n) is 6.58. The molecule has 0 aromatic heterocycles. The lowest BCUT2D eigenvalue weighted by molar-refractivity contribution is 0.173. The number of rotatable bonds is 4. The number of unbranched alkanes of at least 4 members (excludes halogenated alkanes) is 3. The highest BCUT2D eigenvalue weighted by molar-refractivity contribution is 4.78. The van der Waals surface area contributed by atoms with Crippen molar-refractivity contribution in [1.82, 2.24) is 0 Å². The summed E-state index contributed by atoms with van der Waals surface area (Å²) in [6, 6.07) is 0. The lowest BCUT2D eigenvalue weighted by atomic mass is 9.71. The van der Waals surface area contributed by atoms with Crippen LogP contribution in [-0.2, 0) is 0 Å². The van der Waals surface area contributed by atoms with E-state index < -0.39 is 0 Å². The van der Waals surface area contributed by atoms with Crippen LogP contribution in [-0.4, -0.2) is 0 Å². The summed E-state index contributed by atoms with van der Waals surface area (Å²) >= 11 is 0. The van der Waals surface area contributed by atoms with Crippen molar-refractivity contribution in [2.75, 3.05) is 0 Å². The summed E-state index contributed by atoms with van der Waals surface area (Å²) in [7, 11) is 0. The third-order valence-corrected chi connectivity index (χ3v) is 6.58. The van der Waals surface area contributed by atoms with Crippen LogP contribution in [0.5, 0.6) is 0 Å². The number of hydrogen-bond acceptors (Lipinski definition) is 0. The second kappa shape index (κ2) is 19.8. The lowest BCUT2D eigenvalue weighted by Crippen LogP contribution is -2.22. The van der Waals surface area contributed by atoms with Crippen LogP contribution >= 0.6 is 0 Å². The maximum atomic E-state index is 2.43. The topological polar surface area (TPSA) is 0 Å². The Morgan fingerprint density at radius 2 is 0.846 bits per heavy atom. The molecule has 3 aliphatic rings. The van der Waals surface area contributed by atoms with Crippen LogP contribution in [0.1, 0.15) is 150 Å². The molecule has 3 rings (SSSR count). The SMILES string of the molecule is C1CCCC1.CC.CC1CCC(C2CCCCC2)CC1.CCCCCC. The number of hydrogen-bond donors (Lipinski definition) is 0. The van der Waals surface area contributed by atoms with E-state index in [2.05, 4.69) is 20.8 Å². The third kappa shape index (κ3) is 14.1. The minimum atomic E-state index is 1.03. The first kappa shape index (κ1) is 26.0. The standard InChI is InChI=1S/C13H24.C6H14.C5H10.C2H6/c1-11-7-9-13(10-8-11)12-5-3-2-4-6-12;1-3-5-6-4-2;1-2-4-5-3-1;1-2/h11-13H,2-10H2,1H3;3-6H2,1-2H3;1-5H2;1-2H3. The van der Waals surface area contributed by atoms with Crippen molar-refractivity contribution in [3.8, 4) is 0 Å². The maximum absolute atomic E-state index is 2.43. The molecule has 0 N–H and O–H groups in total. The van der Waals surface area contributed by atoms with Crippen molar-refractivity contribution in [2.45, 2.75) is 150 Å². The fraction of sp³-hybridized carbons (Fsp3) is 1.00. The molecule has 0 heterocycles. The Labute approximate surface area is 168 Å². The summed E-state index contributed by atoms with van der Waals surface area (Å²) in [4.78, 5) is 0. The Hall–Kier alpha value is 0. The van der Waals surface area contributed by atoms with Gasteiger partial charge in [-0.2, -0.15) is 0 Å². The van der Waals surface area contributed by atoms with Gasteiger partial charge in [0.2, 0.25) is 0 Å². The van der Waals surface area contributed by atoms with Crippen LogP contribution in [0.4, 0.5) is 0 Å². The van der Waals surface area contributed by atoms with Gasteiger partial charge in [0.05, 0.1) is 0 Å². The van der Waals surface area contributed by atoms with Gasteiger partial charge >= 0.3 is 0 Å². The van der Waals surface area contributed by atoms with Crippen LogP contribution < -0.4 is 0 Å². The molecule has 0 unspecified atom stereocenters. The Morgan fingerprint density at radius 3 is 1.23 bits per heavy atom. The van der Waals surface area contributed by atoms with Gasteiger partial charge in [0.15, 0.2) is 0 Å². The minimum absolute atomic E-state index is 1.03. The van der Waals surface area contributed by atoms with Gasteiger partial charge in [-0.3, -0.25) is 0 Å². The van der Waals surface area contributed by atoms with E-state index in [1.54, 1.807) is 25.7 Å². The van der Waals surface area contributed by atoms with E-state index in [0.717, 1.165) is 17.8 Å². The van der Waals surface area contributed by atoms with Gasteiger partial charge in [-0.1, -0.05) is 137 Å². The normalized spacial score (nSPS) is 25.7.